The molecular weight excluding hydrogens is 495 g/mol. The van der Waals surface area contributed by atoms with Gasteiger partial charge in [-0.05, 0) is 49.9 Å². The molecule has 3 heterocycles. The molecule has 2 aliphatic rings. The highest BCUT2D eigenvalue weighted by atomic mass is 127. The van der Waals surface area contributed by atoms with E-state index in [1.807, 2.05) is 30.5 Å². The van der Waals surface area contributed by atoms with Gasteiger partial charge >= 0.3 is 0 Å². The number of aliphatic imine (C=N–C) groups is 1. The van der Waals surface area contributed by atoms with E-state index in [0.29, 0.717) is 12.0 Å². The first kappa shape index (κ1) is 22.4. The minimum absolute atomic E-state index is 0. The lowest BCUT2D eigenvalue weighted by Gasteiger charge is -2.39. The van der Waals surface area contributed by atoms with Gasteiger partial charge in [-0.15, -0.1) is 35.3 Å². The summed E-state index contributed by atoms with van der Waals surface area (Å²) in [7, 11) is 4.10. The van der Waals surface area contributed by atoms with Crippen molar-refractivity contribution in [2.24, 2.45) is 10.9 Å². The van der Waals surface area contributed by atoms with E-state index >= 15 is 0 Å². The van der Waals surface area contributed by atoms with Crippen LogP contribution in [0.2, 0.25) is 0 Å². The number of halogens is 1. The van der Waals surface area contributed by atoms with Crippen LogP contribution in [0.5, 0.6) is 5.75 Å². The van der Waals surface area contributed by atoms with Crippen molar-refractivity contribution < 1.29 is 4.74 Å². The number of piperidine rings is 1. The number of hydrogen-bond donors (Lipinski definition) is 2. The third kappa shape index (κ3) is 5.24. The molecule has 0 aliphatic carbocycles. The Morgan fingerprint density at radius 1 is 1.24 bits per heavy atom. The summed E-state index contributed by atoms with van der Waals surface area (Å²) in [5.74, 6) is 2.44. The first-order valence-corrected chi connectivity index (χ1v) is 11.1. The average Bonchev–Trinajstić information content (AvgIpc) is 3.25. The molecule has 2 aliphatic heterocycles. The molecule has 2 aromatic rings. The summed E-state index contributed by atoms with van der Waals surface area (Å²) in [5, 5.41) is 9.40. The SMILES string of the molecule is CN=C(NCC1CCCN(C)C1c1cccs1)NC1CCOc2ccccc21.I. The minimum Gasteiger partial charge on any atom is -0.493 e. The predicted octanol–water partition coefficient (Wildman–Crippen LogP) is 4.44. The summed E-state index contributed by atoms with van der Waals surface area (Å²) < 4.78 is 5.79. The van der Waals surface area contributed by atoms with E-state index in [1.54, 1.807) is 0 Å². The maximum Gasteiger partial charge on any atom is 0.191 e. The predicted molar refractivity (Wildman–Crippen MR) is 132 cm³/mol. The normalized spacial score (nSPS) is 24.8. The molecule has 5 nitrogen and oxygen atoms in total. The van der Waals surface area contributed by atoms with Gasteiger partial charge in [0.2, 0.25) is 0 Å². The first-order valence-electron chi connectivity index (χ1n) is 10.2. The molecular formula is C22H31IN4OS. The van der Waals surface area contributed by atoms with Crippen LogP contribution in [0.4, 0.5) is 0 Å². The number of benzene rings is 1. The number of rotatable bonds is 4. The second kappa shape index (κ2) is 10.6. The van der Waals surface area contributed by atoms with E-state index in [-0.39, 0.29) is 30.0 Å². The fraction of sp³-hybridized carbons (Fsp3) is 0.500. The van der Waals surface area contributed by atoms with Crippen LogP contribution in [0.15, 0.2) is 46.8 Å². The number of likely N-dealkylation sites (tertiary alicyclic amines) is 1. The zero-order valence-corrected chi connectivity index (χ0v) is 20.3. The number of guanidine groups is 1. The average molecular weight is 526 g/mol. The van der Waals surface area contributed by atoms with Gasteiger partial charge in [0.05, 0.1) is 12.6 Å². The molecule has 1 aromatic carbocycles. The Balaban J connectivity index is 0.00000240. The van der Waals surface area contributed by atoms with Crippen molar-refractivity contribution in [3.8, 4) is 5.75 Å². The summed E-state index contributed by atoms with van der Waals surface area (Å²) in [6.45, 7) is 2.84. The van der Waals surface area contributed by atoms with Gasteiger partial charge in [-0.1, -0.05) is 24.3 Å². The van der Waals surface area contributed by atoms with E-state index in [9.17, 15) is 0 Å². The van der Waals surface area contributed by atoms with Crippen molar-refractivity contribution in [1.82, 2.24) is 15.5 Å². The Morgan fingerprint density at radius 2 is 2.10 bits per heavy atom. The van der Waals surface area contributed by atoms with Crippen molar-refractivity contribution in [1.29, 1.82) is 0 Å². The molecule has 1 saturated heterocycles. The van der Waals surface area contributed by atoms with Gasteiger partial charge in [0, 0.05) is 36.5 Å². The van der Waals surface area contributed by atoms with E-state index in [0.717, 1.165) is 31.3 Å². The Kier molecular flexibility index (Phi) is 8.20. The van der Waals surface area contributed by atoms with Gasteiger partial charge in [0.15, 0.2) is 5.96 Å². The van der Waals surface area contributed by atoms with Crippen molar-refractivity contribution in [3.05, 3.63) is 52.2 Å². The molecule has 2 N–H and O–H groups in total. The van der Waals surface area contributed by atoms with Crippen LogP contribution in [0.1, 0.15) is 41.8 Å². The summed E-state index contributed by atoms with van der Waals surface area (Å²) >= 11 is 1.87. The van der Waals surface area contributed by atoms with Gasteiger partial charge in [-0.25, -0.2) is 0 Å². The first-order chi connectivity index (χ1) is 13.8. The van der Waals surface area contributed by atoms with E-state index in [4.69, 9.17) is 4.74 Å². The van der Waals surface area contributed by atoms with Gasteiger partial charge in [0.25, 0.3) is 0 Å². The highest BCUT2D eigenvalue weighted by Gasteiger charge is 2.31. The second-order valence-electron chi connectivity index (χ2n) is 7.67. The highest BCUT2D eigenvalue weighted by Crippen LogP contribution is 2.37. The molecule has 7 heteroatoms. The van der Waals surface area contributed by atoms with Gasteiger partial charge in [-0.2, -0.15) is 0 Å². The van der Waals surface area contributed by atoms with Crippen molar-refractivity contribution in [2.45, 2.75) is 31.3 Å². The smallest absolute Gasteiger partial charge is 0.191 e. The number of nitrogens with zero attached hydrogens (tertiary/aromatic N) is 2. The van der Waals surface area contributed by atoms with E-state index in [1.165, 1.54) is 29.8 Å². The fourth-order valence-electron chi connectivity index (χ4n) is 4.46. The third-order valence-electron chi connectivity index (χ3n) is 5.87. The number of hydrogen-bond acceptors (Lipinski definition) is 4. The molecule has 3 atom stereocenters. The maximum absolute atomic E-state index is 5.79. The summed E-state index contributed by atoms with van der Waals surface area (Å²) in [5.41, 5.74) is 1.21. The molecule has 0 bridgehead atoms. The Hall–Kier alpha value is -1.32. The van der Waals surface area contributed by atoms with E-state index in [2.05, 4.69) is 57.2 Å². The van der Waals surface area contributed by atoms with Crippen LogP contribution in [0.25, 0.3) is 0 Å². The quantitative estimate of drug-likeness (QED) is 0.352. The lowest BCUT2D eigenvalue weighted by atomic mass is 9.88. The van der Waals surface area contributed by atoms with Crippen molar-refractivity contribution in [2.75, 3.05) is 33.8 Å². The number of nitrogens with one attached hydrogen (secondary N) is 2. The van der Waals surface area contributed by atoms with Crippen molar-refractivity contribution in [3.63, 3.8) is 0 Å². The fourth-order valence-corrected chi connectivity index (χ4v) is 5.45. The molecule has 158 valence electrons. The van der Waals surface area contributed by atoms with Crippen LogP contribution in [-0.4, -0.2) is 44.7 Å². The Morgan fingerprint density at radius 3 is 2.90 bits per heavy atom. The van der Waals surface area contributed by atoms with Gasteiger partial charge < -0.3 is 15.4 Å². The number of para-hydroxylation sites is 1. The lowest BCUT2D eigenvalue weighted by Crippen LogP contribution is -2.46. The summed E-state index contributed by atoms with van der Waals surface area (Å²) in [4.78, 5) is 8.46. The molecule has 1 fully saturated rings. The molecule has 1 aromatic heterocycles. The van der Waals surface area contributed by atoms with Crippen LogP contribution in [0.3, 0.4) is 0 Å². The van der Waals surface area contributed by atoms with Crippen LogP contribution in [-0.2, 0) is 0 Å². The molecule has 0 radical (unpaired) electrons. The summed E-state index contributed by atoms with van der Waals surface area (Å²) in [6.07, 6.45) is 3.45. The summed E-state index contributed by atoms with van der Waals surface area (Å²) in [6, 6.07) is 13.4. The maximum atomic E-state index is 5.79. The minimum atomic E-state index is 0. The third-order valence-corrected chi connectivity index (χ3v) is 6.81. The molecule has 0 amide bonds. The molecule has 4 rings (SSSR count). The van der Waals surface area contributed by atoms with Crippen LogP contribution >= 0.6 is 35.3 Å². The largest absolute Gasteiger partial charge is 0.493 e. The van der Waals surface area contributed by atoms with Gasteiger partial charge in [0.1, 0.15) is 5.75 Å². The topological polar surface area (TPSA) is 48.9 Å². The Bertz CT molecular complexity index is 798. The van der Waals surface area contributed by atoms with Gasteiger partial charge in [-0.3, -0.25) is 9.89 Å². The molecule has 29 heavy (non-hydrogen) atoms. The second-order valence-corrected chi connectivity index (χ2v) is 8.65. The van der Waals surface area contributed by atoms with Crippen LogP contribution < -0.4 is 15.4 Å². The molecule has 0 spiro atoms. The standard InChI is InChI=1S/C22H30N4OS.HI/c1-23-22(25-18-11-13-27-19-9-4-3-8-17(18)19)24-15-16-7-5-12-26(2)21(16)20-10-6-14-28-20;/h3-4,6,8-10,14,16,18,21H,5,7,11-13,15H2,1-2H3,(H2,23,24,25);1H. The lowest BCUT2D eigenvalue weighted by molar-refractivity contribution is 0.125. The van der Waals surface area contributed by atoms with Crippen molar-refractivity contribution >= 4 is 41.3 Å². The monoisotopic (exact) mass is 526 g/mol. The number of fused-ring (bicyclic) bond motifs is 1. The number of ether oxygens (including phenoxy) is 1. The molecule has 3 unspecified atom stereocenters. The van der Waals surface area contributed by atoms with Crippen LogP contribution in [0, 0.1) is 5.92 Å². The zero-order chi connectivity index (χ0) is 19.3. The zero-order valence-electron chi connectivity index (χ0n) is 17.1. The van der Waals surface area contributed by atoms with E-state index < -0.39 is 0 Å². The molecule has 0 saturated carbocycles. The Labute approximate surface area is 195 Å². The number of thiophene rings is 1. The highest BCUT2D eigenvalue weighted by molar-refractivity contribution is 14.0.